The molecule has 0 spiro atoms. The molecule has 0 fully saturated rings. The molecule has 4 aromatic carbocycles. The van der Waals surface area contributed by atoms with Gasteiger partial charge in [-0.15, -0.1) is 5.46 Å². The van der Waals surface area contributed by atoms with Gasteiger partial charge >= 0.3 is 7.12 Å². The number of rotatable bonds is 3. The second-order valence-electron chi connectivity index (χ2n) is 10.00. The molecule has 0 aliphatic heterocycles. The summed E-state index contributed by atoms with van der Waals surface area (Å²) in [4.78, 5) is 0. The zero-order chi connectivity index (χ0) is 26.0. The Bertz CT molecular complexity index is 1680. The van der Waals surface area contributed by atoms with E-state index in [1.807, 2.05) is 15.7 Å². The molecule has 0 saturated carbocycles. The third kappa shape index (κ3) is 3.54. The molecule has 0 radical (unpaired) electrons. The highest BCUT2D eigenvalue weighted by atomic mass is 19.1. The maximum atomic E-state index is 13.4. The van der Waals surface area contributed by atoms with E-state index in [-0.39, 0.29) is 5.82 Å². The van der Waals surface area contributed by atoms with Crippen molar-refractivity contribution in [2.75, 3.05) is 0 Å². The van der Waals surface area contributed by atoms with Gasteiger partial charge in [-0.3, -0.25) is 0 Å². The van der Waals surface area contributed by atoms with Crippen LogP contribution in [0.1, 0.15) is 0 Å². The Hall–Kier alpha value is -2.95. The van der Waals surface area contributed by atoms with Crippen LogP contribution in [0.2, 0.25) is 0 Å². The Labute approximate surface area is 217 Å². The molecule has 3 nitrogen and oxygen atoms in total. The summed E-state index contributed by atoms with van der Waals surface area (Å²) in [5, 5.41) is 22.8. The van der Waals surface area contributed by atoms with Gasteiger partial charge in [-0.1, -0.05) is 57.0 Å². The summed E-state index contributed by atoms with van der Waals surface area (Å²) in [5.74, 6) is -0.245. The number of benzene rings is 4. The normalized spacial score (nSPS) is 11.4. The Morgan fingerprint density at radius 3 is 1.53 bits per heavy atom. The summed E-state index contributed by atoms with van der Waals surface area (Å²) in [6, 6.07) is 14.9. The summed E-state index contributed by atoms with van der Waals surface area (Å²) in [6.45, 7) is 0. The van der Waals surface area contributed by atoms with Crippen LogP contribution in [0.15, 0.2) is 48.5 Å². The van der Waals surface area contributed by atoms with Gasteiger partial charge < -0.3 is 14.6 Å². The maximum Gasteiger partial charge on any atom is 0.487 e. The third-order valence-electron chi connectivity index (χ3n) is 8.25. The lowest BCUT2D eigenvalue weighted by Gasteiger charge is -2.18. The lowest BCUT2D eigenvalue weighted by atomic mass is 9.59. The number of halogens is 1. The molecular weight excluding hydrogens is 440 g/mol. The molecule has 1 aromatic heterocycles. The van der Waals surface area contributed by atoms with Gasteiger partial charge in [-0.25, -0.2) is 4.39 Å². The van der Waals surface area contributed by atoms with Gasteiger partial charge in [0.25, 0.3) is 0 Å². The van der Waals surface area contributed by atoms with Crippen LogP contribution in [-0.2, 0) is 0 Å². The fraction of sp³-hybridized carbons (Fsp3) is 0. The van der Waals surface area contributed by atoms with Crippen molar-refractivity contribution in [1.82, 2.24) is 4.57 Å². The minimum atomic E-state index is -1.53. The molecule has 0 amide bonds. The van der Waals surface area contributed by atoms with Crippen LogP contribution in [-0.4, -0.2) is 76.7 Å². The molecule has 0 aliphatic rings. The minimum absolute atomic E-state index is 0.245. The first-order valence-electron chi connectivity index (χ1n) is 12.3. The van der Waals surface area contributed by atoms with Gasteiger partial charge in [0.1, 0.15) is 60.7 Å². The van der Waals surface area contributed by atoms with Crippen LogP contribution in [0.3, 0.4) is 0 Å². The van der Waals surface area contributed by atoms with E-state index in [2.05, 4.69) is 68.1 Å². The van der Waals surface area contributed by atoms with Crippen molar-refractivity contribution in [3.8, 4) is 16.8 Å². The predicted molar refractivity (Wildman–Crippen MR) is 173 cm³/mol. The number of hydrogen-bond donors (Lipinski definition) is 2. The van der Waals surface area contributed by atoms with Gasteiger partial charge in [0.15, 0.2) is 0 Å². The van der Waals surface area contributed by atoms with Gasteiger partial charge in [0, 0.05) is 16.7 Å². The summed E-state index contributed by atoms with van der Waals surface area (Å²) in [6.07, 6.45) is 0. The molecule has 36 heavy (non-hydrogen) atoms. The summed E-state index contributed by atoms with van der Waals surface area (Å²) < 4.78 is 15.8. The fourth-order valence-electron chi connectivity index (χ4n) is 5.83. The summed E-state index contributed by atoms with van der Waals surface area (Å²) >= 11 is 0. The molecule has 5 rings (SSSR count). The number of aromatic nitrogens is 1. The number of fused-ring (bicyclic) bond motifs is 3. The Morgan fingerprint density at radius 2 is 1.00 bits per heavy atom. The van der Waals surface area contributed by atoms with Gasteiger partial charge in [0.05, 0.1) is 0 Å². The minimum Gasteiger partial charge on any atom is -0.423 e. The summed E-state index contributed by atoms with van der Waals surface area (Å²) in [5.41, 5.74) is 13.6. The topological polar surface area (TPSA) is 45.4 Å². The number of hydrogen-bond acceptors (Lipinski definition) is 2. The van der Waals surface area contributed by atoms with Crippen LogP contribution in [0.25, 0.3) is 38.6 Å². The quantitative estimate of drug-likeness (QED) is 0.261. The fourth-order valence-corrected chi connectivity index (χ4v) is 5.83. The van der Waals surface area contributed by atoms with E-state index < -0.39 is 7.12 Å². The molecule has 1 heterocycles. The van der Waals surface area contributed by atoms with Gasteiger partial charge in [0.2, 0.25) is 0 Å². The van der Waals surface area contributed by atoms with E-state index in [0.29, 0.717) is 5.46 Å². The zero-order valence-corrected chi connectivity index (χ0v) is 21.9. The lowest BCUT2D eigenvalue weighted by Crippen LogP contribution is -2.56. The first-order chi connectivity index (χ1) is 17.0. The van der Waals surface area contributed by atoms with Gasteiger partial charge in [-0.05, 0) is 51.6 Å². The lowest BCUT2D eigenvalue weighted by molar-refractivity contribution is 0.426. The van der Waals surface area contributed by atoms with Gasteiger partial charge in [-0.2, -0.15) is 0 Å². The molecule has 0 saturated heterocycles. The first kappa shape index (κ1) is 24.7. The van der Waals surface area contributed by atoms with E-state index >= 15 is 0 Å². The van der Waals surface area contributed by atoms with Crippen molar-refractivity contribution in [1.29, 1.82) is 0 Å². The molecule has 0 atom stereocenters. The third-order valence-corrected chi connectivity index (χ3v) is 8.25. The zero-order valence-electron chi connectivity index (χ0n) is 21.9. The Kier molecular flexibility index (Phi) is 6.09. The molecular formula is C24H24B8FNO2. The van der Waals surface area contributed by atoms with Crippen molar-refractivity contribution < 1.29 is 14.4 Å². The maximum absolute atomic E-state index is 13.4. The highest BCUT2D eigenvalue weighted by molar-refractivity contribution is 6.76. The molecule has 168 valence electrons. The van der Waals surface area contributed by atoms with E-state index in [9.17, 15) is 14.4 Å². The molecule has 0 unspecified atom stereocenters. The monoisotopic (exact) mass is 465 g/mol. The Balaban J connectivity index is 1.92. The predicted octanol–water partition coefficient (Wildman–Crippen LogP) is -7.92. The van der Waals surface area contributed by atoms with E-state index in [4.69, 9.17) is 0 Å². The average molecular weight is 464 g/mol. The van der Waals surface area contributed by atoms with Crippen LogP contribution >= 0.6 is 0 Å². The van der Waals surface area contributed by atoms with E-state index in [1.165, 1.54) is 34.0 Å². The molecule has 5 aromatic rings. The Morgan fingerprint density at radius 1 is 0.556 bits per heavy atom. The highest BCUT2D eigenvalue weighted by Gasteiger charge is 2.27. The van der Waals surface area contributed by atoms with Crippen molar-refractivity contribution in [2.24, 2.45) is 0 Å². The second kappa shape index (κ2) is 8.86. The standard InChI is InChI=1S/C24H24B8FNO2/c25-15-13-14-16(26)22(32(35)36)19(29)21(31)24(14)34(23(13)20(30)18(28)17(15)27)12-7-3-10(4-8-12)9-1-5-11(33)6-2-9/h1-8,35-36H,25-31H2. The second-order valence-corrected chi connectivity index (χ2v) is 10.00. The van der Waals surface area contributed by atoms with E-state index in [1.54, 1.807) is 12.1 Å². The van der Waals surface area contributed by atoms with Crippen LogP contribution in [0.5, 0.6) is 0 Å². The van der Waals surface area contributed by atoms with Crippen molar-refractivity contribution >= 4 is 128 Å². The summed E-state index contributed by atoms with van der Waals surface area (Å²) in [7, 11) is 13.2. The largest absolute Gasteiger partial charge is 0.487 e. The van der Waals surface area contributed by atoms with E-state index in [0.717, 1.165) is 55.0 Å². The molecule has 0 bridgehead atoms. The molecule has 12 heteroatoms. The van der Waals surface area contributed by atoms with Crippen molar-refractivity contribution in [3.63, 3.8) is 0 Å². The van der Waals surface area contributed by atoms with Crippen molar-refractivity contribution in [2.45, 2.75) is 0 Å². The van der Waals surface area contributed by atoms with Crippen LogP contribution in [0.4, 0.5) is 4.39 Å². The van der Waals surface area contributed by atoms with Crippen LogP contribution in [0, 0.1) is 5.82 Å². The van der Waals surface area contributed by atoms with Crippen molar-refractivity contribution in [3.05, 3.63) is 54.3 Å². The molecule has 0 aliphatic carbocycles. The smallest absolute Gasteiger partial charge is 0.423 e. The SMILES string of the molecule is Bc1c(B)c(B)c2c(c1B)c1c(B)c(B(O)O)c(B)c(B)c1n2-c1ccc(-c2ccc(F)cc2)cc1. The highest BCUT2D eigenvalue weighted by Crippen LogP contribution is 2.28. The first-order valence-corrected chi connectivity index (χ1v) is 12.3. The number of nitrogens with zero attached hydrogens (tertiary/aromatic N) is 1. The average Bonchev–Trinajstić information content (AvgIpc) is 3.22. The van der Waals surface area contributed by atoms with Crippen LogP contribution < -0.4 is 43.7 Å². The molecule has 2 N–H and O–H groups in total.